The van der Waals surface area contributed by atoms with Gasteiger partial charge in [-0.1, -0.05) is 12.1 Å². The fraction of sp³-hybridized carbons (Fsp3) is 0.357. The van der Waals surface area contributed by atoms with Crippen LogP contribution < -0.4 is 10.2 Å². The molecule has 1 aromatic carbocycles. The lowest BCUT2D eigenvalue weighted by Gasteiger charge is -2.33. The Morgan fingerprint density at radius 2 is 1.83 bits per heavy atom. The molecule has 2 aliphatic rings. The second kappa shape index (κ2) is 4.44. The average molecular weight is 243 g/mol. The number of rotatable bonds is 2. The van der Waals surface area contributed by atoms with E-state index in [4.69, 9.17) is 0 Å². The number of imide groups is 1. The van der Waals surface area contributed by atoms with Crippen LogP contribution in [-0.2, 0) is 9.59 Å². The van der Waals surface area contributed by atoms with Crippen LogP contribution in [0.3, 0.4) is 0 Å². The molecule has 0 saturated carbocycles. The maximum absolute atomic E-state index is 11.7. The van der Waals surface area contributed by atoms with E-state index in [0.717, 1.165) is 18.7 Å². The molecule has 3 rings (SSSR count). The van der Waals surface area contributed by atoms with E-state index in [0.29, 0.717) is 12.8 Å². The summed E-state index contributed by atoms with van der Waals surface area (Å²) >= 11 is 0. The molecule has 0 aromatic heterocycles. The van der Waals surface area contributed by atoms with E-state index in [1.807, 2.05) is 24.3 Å². The lowest BCUT2D eigenvalue weighted by molar-refractivity contribution is -0.134. The Bertz CT molecular complexity index is 477. The highest BCUT2D eigenvalue weighted by molar-refractivity contribution is 6.00. The van der Waals surface area contributed by atoms with Crippen LogP contribution in [-0.4, -0.2) is 24.9 Å². The van der Waals surface area contributed by atoms with Gasteiger partial charge in [0.1, 0.15) is 0 Å². The Balaban J connectivity index is 1.75. The van der Waals surface area contributed by atoms with Crippen LogP contribution in [0.5, 0.6) is 0 Å². The summed E-state index contributed by atoms with van der Waals surface area (Å²) in [5.41, 5.74) is 2.18. The summed E-state index contributed by atoms with van der Waals surface area (Å²) in [5, 5.41) is 2.39. The number of hydrogen-bond acceptors (Lipinski definition) is 3. The highest BCUT2D eigenvalue weighted by Crippen LogP contribution is 2.27. The minimum Gasteiger partial charge on any atom is -0.371 e. The molecule has 0 bridgehead atoms. The maximum atomic E-state index is 11.7. The minimum atomic E-state index is -0.181. The van der Waals surface area contributed by atoms with Gasteiger partial charge in [-0.3, -0.25) is 14.9 Å². The van der Waals surface area contributed by atoms with Crippen LogP contribution in [0.2, 0.25) is 0 Å². The number of carbonyl (C=O) groups is 2. The van der Waals surface area contributed by atoms with Crippen molar-refractivity contribution in [2.75, 3.05) is 18.0 Å². The fourth-order valence-electron chi connectivity index (χ4n) is 2.40. The van der Waals surface area contributed by atoms with Crippen molar-refractivity contribution in [3.05, 3.63) is 36.2 Å². The number of benzene rings is 1. The van der Waals surface area contributed by atoms with Gasteiger partial charge in [0.25, 0.3) is 0 Å². The molecule has 4 nitrogen and oxygen atoms in total. The molecule has 93 valence electrons. The molecule has 1 radical (unpaired) electrons. The summed E-state index contributed by atoms with van der Waals surface area (Å²) in [7, 11) is 0. The van der Waals surface area contributed by atoms with Gasteiger partial charge in [-0.05, 0) is 24.1 Å². The monoisotopic (exact) mass is 243 g/mol. The third-order valence-corrected chi connectivity index (χ3v) is 3.60. The second-order valence-corrected chi connectivity index (χ2v) is 4.79. The molecular weight excluding hydrogens is 228 g/mol. The lowest BCUT2D eigenvalue weighted by Crippen LogP contribution is -2.39. The number of anilines is 1. The smallest absolute Gasteiger partial charge is 0.234 e. The zero-order valence-corrected chi connectivity index (χ0v) is 10.1. The van der Waals surface area contributed by atoms with Crippen molar-refractivity contribution in [3.8, 4) is 0 Å². The molecule has 2 saturated heterocycles. The minimum absolute atomic E-state index is 0.163. The predicted octanol–water partition coefficient (Wildman–Crippen LogP) is 1.23. The number of nitrogens with one attached hydrogen (secondary N) is 1. The Hall–Kier alpha value is -1.84. The third-order valence-electron chi connectivity index (χ3n) is 3.60. The molecule has 0 unspecified atom stereocenters. The van der Waals surface area contributed by atoms with E-state index < -0.39 is 0 Å². The van der Waals surface area contributed by atoms with Crippen LogP contribution in [0.1, 0.15) is 24.3 Å². The molecule has 4 heteroatoms. The maximum Gasteiger partial charge on any atom is 0.234 e. The first kappa shape index (κ1) is 11.3. The average Bonchev–Trinajstić information content (AvgIpc) is 2.28. The van der Waals surface area contributed by atoms with Gasteiger partial charge in [-0.2, -0.15) is 0 Å². The van der Waals surface area contributed by atoms with Gasteiger partial charge >= 0.3 is 0 Å². The number of amides is 2. The van der Waals surface area contributed by atoms with Crippen LogP contribution in [0.15, 0.2) is 24.3 Å². The van der Waals surface area contributed by atoms with Crippen molar-refractivity contribution in [2.24, 2.45) is 0 Å². The molecule has 1 atom stereocenters. The molecule has 2 heterocycles. The second-order valence-electron chi connectivity index (χ2n) is 4.79. The van der Waals surface area contributed by atoms with Crippen LogP contribution in [0.25, 0.3) is 0 Å². The normalized spacial score (nSPS) is 23.6. The zero-order valence-electron chi connectivity index (χ0n) is 10.1. The molecule has 0 spiro atoms. The van der Waals surface area contributed by atoms with Crippen molar-refractivity contribution in [1.82, 2.24) is 5.32 Å². The van der Waals surface area contributed by atoms with Crippen molar-refractivity contribution in [1.29, 1.82) is 0 Å². The van der Waals surface area contributed by atoms with Gasteiger partial charge in [0.15, 0.2) is 0 Å². The molecule has 0 aliphatic carbocycles. The molecule has 1 N–H and O–H groups in total. The van der Waals surface area contributed by atoms with Gasteiger partial charge in [0.2, 0.25) is 11.8 Å². The van der Waals surface area contributed by atoms with Crippen LogP contribution in [0.4, 0.5) is 5.69 Å². The topological polar surface area (TPSA) is 49.4 Å². The molecule has 2 fully saturated rings. The van der Waals surface area contributed by atoms with E-state index in [1.165, 1.54) is 5.69 Å². The van der Waals surface area contributed by atoms with Gasteiger partial charge in [-0.15, -0.1) is 0 Å². The third kappa shape index (κ3) is 1.98. The van der Waals surface area contributed by atoms with Gasteiger partial charge in [0.05, 0.1) is 5.92 Å². The first-order valence-electron chi connectivity index (χ1n) is 6.24. The first-order valence-corrected chi connectivity index (χ1v) is 6.24. The highest BCUT2D eigenvalue weighted by Gasteiger charge is 2.27. The molecule has 2 amide bonds. The molecular formula is C14H15N2O2. The van der Waals surface area contributed by atoms with Crippen LogP contribution >= 0.6 is 0 Å². The first-order chi connectivity index (χ1) is 8.74. The summed E-state index contributed by atoms with van der Waals surface area (Å²) in [6.45, 7) is 2.00. The zero-order chi connectivity index (χ0) is 12.5. The van der Waals surface area contributed by atoms with E-state index in [9.17, 15) is 9.59 Å². The fourth-order valence-corrected chi connectivity index (χ4v) is 2.40. The van der Waals surface area contributed by atoms with Crippen LogP contribution in [0, 0.1) is 6.42 Å². The Labute approximate surface area is 106 Å². The number of carbonyl (C=O) groups excluding carboxylic acids is 2. The summed E-state index contributed by atoms with van der Waals surface area (Å²) in [4.78, 5) is 25.1. The highest BCUT2D eigenvalue weighted by atomic mass is 16.2. The van der Waals surface area contributed by atoms with Crippen molar-refractivity contribution < 1.29 is 9.59 Å². The summed E-state index contributed by atoms with van der Waals surface area (Å²) in [6.07, 6.45) is 3.26. The van der Waals surface area contributed by atoms with E-state index in [1.54, 1.807) is 0 Å². The molecule has 1 aromatic rings. The Morgan fingerprint density at radius 3 is 2.39 bits per heavy atom. The van der Waals surface area contributed by atoms with E-state index in [2.05, 4.69) is 16.6 Å². The Kier molecular flexibility index (Phi) is 2.78. The lowest BCUT2D eigenvalue weighted by atomic mass is 9.90. The molecule has 18 heavy (non-hydrogen) atoms. The summed E-state index contributed by atoms with van der Waals surface area (Å²) in [6, 6.07) is 8.08. The Morgan fingerprint density at radius 1 is 1.11 bits per heavy atom. The van der Waals surface area contributed by atoms with Gasteiger partial charge in [-0.25, -0.2) is 0 Å². The van der Waals surface area contributed by atoms with Crippen molar-refractivity contribution >= 4 is 17.5 Å². The van der Waals surface area contributed by atoms with Crippen molar-refractivity contribution in [3.63, 3.8) is 0 Å². The van der Waals surface area contributed by atoms with Gasteiger partial charge in [0, 0.05) is 31.6 Å². The largest absolute Gasteiger partial charge is 0.371 e. The quantitative estimate of drug-likeness (QED) is 0.795. The van der Waals surface area contributed by atoms with Crippen molar-refractivity contribution in [2.45, 2.75) is 18.8 Å². The SMILES string of the molecule is O=C1CC[C@@H](c2ccc(N3C[CH]C3)cc2)C(=O)N1. The molecule has 2 aliphatic heterocycles. The summed E-state index contributed by atoms with van der Waals surface area (Å²) < 4.78 is 0. The predicted molar refractivity (Wildman–Crippen MR) is 68.1 cm³/mol. The number of hydrogen-bond donors (Lipinski definition) is 1. The van der Waals surface area contributed by atoms with E-state index in [-0.39, 0.29) is 17.7 Å². The van der Waals surface area contributed by atoms with Gasteiger partial charge < -0.3 is 4.90 Å². The number of nitrogens with zero attached hydrogens (tertiary/aromatic N) is 1. The number of piperidine rings is 1. The summed E-state index contributed by atoms with van der Waals surface area (Å²) in [5.74, 6) is -0.514. The standard InChI is InChI=1S/C14H15N2O2/c17-13-7-6-12(14(18)15-13)10-2-4-11(5-3-10)16-8-1-9-16/h1-5,12H,6-9H2,(H,15,17,18)/t12-/m0/s1. The van der Waals surface area contributed by atoms with E-state index >= 15 is 0 Å².